The molecule has 0 N–H and O–H groups in total. The molecule has 4 aromatic carbocycles. The molecule has 5 rings (SSSR count). The number of aryl methyl sites for hydroxylation is 2. The first kappa shape index (κ1) is 23.5. The molecule has 182 valence electrons. The van der Waals surface area contributed by atoms with Crippen LogP contribution in [0.25, 0.3) is 21.5 Å². The molecule has 35 heavy (non-hydrogen) atoms. The van der Waals surface area contributed by atoms with Crippen LogP contribution in [0.5, 0.6) is 11.5 Å². The second-order valence-electron chi connectivity index (χ2n) is 9.16. The Labute approximate surface area is 201 Å². The Hall–Kier alpha value is -3.28. The van der Waals surface area contributed by atoms with Gasteiger partial charge in [0.05, 0.1) is 25.2 Å². The van der Waals surface area contributed by atoms with E-state index < -0.39 is 17.6 Å². The Bertz CT molecular complexity index is 1410. The number of rotatable bonds is 5. The molecule has 0 amide bonds. The Morgan fingerprint density at radius 2 is 1.69 bits per heavy atom. The molecule has 0 spiro atoms. The van der Waals surface area contributed by atoms with E-state index in [1.54, 1.807) is 14.2 Å². The molecule has 6 heteroatoms. The summed E-state index contributed by atoms with van der Waals surface area (Å²) < 4.78 is 64.6. The molecule has 2 nitrogen and oxygen atoms in total. The fourth-order valence-electron chi connectivity index (χ4n) is 5.57. The minimum Gasteiger partial charge on any atom is -0.496 e. The van der Waals surface area contributed by atoms with Crippen LogP contribution in [0, 0.1) is 5.82 Å². The quantitative estimate of drug-likeness (QED) is 0.211. The molecule has 0 fully saturated rings. The molecular formula is C29H26F4O2. The minimum atomic E-state index is -4.56. The van der Waals surface area contributed by atoms with Gasteiger partial charge in [0, 0.05) is 0 Å². The van der Waals surface area contributed by atoms with Crippen molar-refractivity contribution < 1.29 is 27.0 Å². The number of ether oxygens (including phenoxy) is 2. The molecule has 4 aromatic rings. The highest BCUT2D eigenvalue weighted by molar-refractivity contribution is 6.13. The summed E-state index contributed by atoms with van der Waals surface area (Å²) in [5, 5.41) is 4.25. The predicted octanol–water partition coefficient (Wildman–Crippen LogP) is 8.22. The van der Waals surface area contributed by atoms with Gasteiger partial charge in [0.15, 0.2) is 0 Å². The van der Waals surface area contributed by atoms with Gasteiger partial charge in [-0.05, 0) is 101 Å². The summed E-state index contributed by atoms with van der Waals surface area (Å²) in [7, 11) is 3.30. The topological polar surface area (TPSA) is 18.5 Å². The van der Waals surface area contributed by atoms with Gasteiger partial charge in [0.25, 0.3) is 0 Å². The standard InChI is InChI=1S/C29H26F4O2/c1-34-26-8-4-7-24-23-12-11-21-18(5-3-6-22(21)25(23)16-27(35-2)28(24)26)10-9-17-13-19(29(31,32)33)15-20(30)14-17/h4,7-8,11-16,18H,3,5-6,9-10H2,1-2H3. The lowest BCUT2D eigenvalue weighted by Crippen LogP contribution is -2.12. The van der Waals surface area contributed by atoms with Crippen LogP contribution in [0.4, 0.5) is 17.6 Å². The molecule has 1 aliphatic rings. The van der Waals surface area contributed by atoms with Crippen molar-refractivity contribution in [2.75, 3.05) is 14.2 Å². The van der Waals surface area contributed by atoms with Crippen LogP contribution in [0.15, 0.2) is 54.6 Å². The third-order valence-corrected chi connectivity index (χ3v) is 7.16. The van der Waals surface area contributed by atoms with Gasteiger partial charge in [0.2, 0.25) is 0 Å². The van der Waals surface area contributed by atoms with E-state index in [4.69, 9.17) is 9.47 Å². The minimum absolute atomic E-state index is 0.202. The van der Waals surface area contributed by atoms with Gasteiger partial charge in [-0.2, -0.15) is 13.2 Å². The van der Waals surface area contributed by atoms with Crippen LogP contribution in [-0.2, 0) is 19.0 Å². The van der Waals surface area contributed by atoms with Crippen LogP contribution in [0.2, 0.25) is 0 Å². The highest BCUT2D eigenvalue weighted by Crippen LogP contribution is 2.44. The fraction of sp³-hybridized carbons (Fsp3) is 0.310. The predicted molar refractivity (Wildman–Crippen MR) is 130 cm³/mol. The first-order valence-electron chi connectivity index (χ1n) is 11.8. The summed E-state index contributed by atoms with van der Waals surface area (Å²) in [5.41, 5.74) is 1.93. The monoisotopic (exact) mass is 482 g/mol. The average molecular weight is 483 g/mol. The zero-order valence-electron chi connectivity index (χ0n) is 19.6. The van der Waals surface area contributed by atoms with E-state index in [0.29, 0.717) is 24.5 Å². The van der Waals surface area contributed by atoms with Crippen molar-refractivity contribution in [1.82, 2.24) is 0 Å². The number of fused-ring (bicyclic) bond motifs is 5. The van der Waals surface area contributed by atoms with Crippen LogP contribution in [0.3, 0.4) is 0 Å². The summed E-state index contributed by atoms with van der Waals surface area (Å²) >= 11 is 0. The van der Waals surface area contributed by atoms with Crippen molar-refractivity contribution in [1.29, 1.82) is 0 Å². The molecule has 0 bridgehead atoms. The zero-order valence-corrected chi connectivity index (χ0v) is 19.6. The van der Waals surface area contributed by atoms with Crippen molar-refractivity contribution in [3.8, 4) is 11.5 Å². The first-order chi connectivity index (χ1) is 16.8. The molecule has 1 unspecified atom stereocenters. The third-order valence-electron chi connectivity index (χ3n) is 7.16. The van der Waals surface area contributed by atoms with Gasteiger partial charge < -0.3 is 9.47 Å². The highest BCUT2D eigenvalue weighted by Gasteiger charge is 2.31. The number of hydrogen-bond donors (Lipinski definition) is 0. The van der Waals surface area contributed by atoms with Crippen molar-refractivity contribution in [3.05, 3.63) is 82.7 Å². The molecular weight excluding hydrogens is 456 g/mol. The lowest BCUT2D eigenvalue weighted by atomic mass is 9.77. The van der Waals surface area contributed by atoms with Gasteiger partial charge in [-0.15, -0.1) is 0 Å². The molecule has 1 atom stereocenters. The van der Waals surface area contributed by atoms with Gasteiger partial charge in [-0.3, -0.25) is 0 Å². The average Bonchev–Trinajstić information content (AvgIpc) is 2.85. The maximum absolute atomic E-state index is 13.9. The number of methoxy groups -OCH3 is 2. The zero-order chi connectivity index (χ0) is 24.7. The normalized spacial score (nSPS) is 15.9. The Morgan fingerprint density at radius 3 is 2.43 bits per heavy atom. The Balaban J connectivity index is 1.53. The van der Waals surface area contributed by atoms with Gasteiger partial charge in [-0.25, -0.2) is 4.39 Å². The van der Waals surface area contributed by atoms with Gasteiger partial charge >= 0.3 is 6.18 Å². The molecule has 0 aromatic heterocycles. The van der Waals surface area contributed by atoms with Crippen LogP contribution >= 0.6 is 0 Å². The van der Waals surface area contributed by atoms with E-state index in [0.717, 1.165) is 58.4 Å². The largest absolute Gasteiger partial charge is 0.496 e. The number of benzene rings is 4. The molecule has 0 heterocycles. The van der Waals surface area contributed by atoms with Crippen LogP contribution in [0.1, 0.15) is 47.4 Å². The second kappa shape index (κ2) is 9.06. The molecule has 0 aliphatic heterocycles. The second-order valence-corrected chi connectivity index (χ2v) is 9.16. The molecule has 1 aliphatic carbocycles. The molecule has 0 saturated heterocycles. The number of halogens is 4. The van der Waals surface area contributed by atoms with Gasteiger partial charge in [0.1, 0.15) is 17.3 Å². The lowest BCUT2D eigenvalue weighted by Gasteiger charge is -2.28. The highest BCUT2D eigenvalue weighted by atomic mass is 19.4. The van der Waals surface area contributed by atoms with Crippen LogP contribution < -0.4 is 9.47 Å². The number of hydrogen-bond acceptors (Lipinski definition) is 2. The van der Waals surface area contributed by atoms with E-state index in [9.17, 15) is 17.6 Å². The van der Waals surface area contributed by atoms with Crippen molar-refractivity contribution in [2.45, 2.75) is 44.2 Å². The third kappa shape index (κ3) is 4.30. The summed E-state index contributed by atoms with van der Waals surface area (Å²) in [6, 6.07) is 15.1. The van der Waals surface area contributed by atoms with Gasteiger partial charge in [-0.1, -0.05) is 24.3 Å². The van der Waals surface area contributed by atoms with E-state index in [1.807, 2.05) is 12.1 Å². The Kier molecular flexibility index (Phi) is 6.07. The first-order valence-corrected chi connectivity index (χ1v) is 11.8. The van der Waals surface area contributed by atoms with Crippen molar-refractivity contribution in [2.24, 2.45) is 0 Å². The Morgan fingerprint density at radius 1 is 0.886 bits per heavy atom. The lowest BCUT2D eigenvalue weighted by molar-refractivity contribution is -0.137. The summed E-state index contributed by atoms with van der Waals surface area (Å²) in [6.45, 7) is 0. The van der Waals surface area contributed by atoms with E-state index >= 15 is 0 Å². The SMILES string of the molecule is COc1cccc2c1c(OC)cc1c3c(ccc12)C(CCc1cc(F)cc(C(F)(F)F)c1)CCC3. The van der Waals surface area contributed by atoms with Crippen molar-refractivity contribution >= 4 is 21.5 Å². The summed E-state index contributed by atoms with van der Waals surface area (Å²) in [5.74, 6) is 0.858. The van der Waals surface area contributed by atoms with E-state index in [2.05, 4.69) is 24.3 Å². The molecule has 0 saturated carbocycles. The number of alkyl halides is 3. The maximum atomic E-state index is 13.9. The smallest absolute Gasteiger partial charge is 0.416 e. The summed E-state index contributed by atoms with van der Waals surface area (Å²) in [4.78, 5) is 0. The molecule has 0 radical (unpaired) electrons. The summed E-state index contributed by atoms with van der Waals surface area (Å²) in [6.07, 6.45) is -0.624. The van der Waals surface area contributed by atoms with Crippen LogP contribution in [-0.4, -0.2) is 14.2 Å². The maximum Gasteiger partial charge on any atom is 0.416 e. The fourth-order valence-corrected chi connectivity index (χ4v) is 5.57. The van der Waals surface area contributed by atoms with E-state index in [1.165, 1.54) is 17.2 Å². The van der Waals surface area contributed by atoms with E-state index in [-0.39, 0.29) is 5.92 Å². The van der Waals surface area contributed by atoms with Crippen molar-refractivity contribution in [3.63, 3.8) is 0 Å².